The molecule has 33 heavy (non-hydrogen) atoms. The summed E-state index contributed by atoms with van der Waals surface area (Å²) in [4.78, 5) is 0. The molecule has 0 spiro atoms. The van der Waals surface area contributed by atoms with Gasteiger partial charge in [-0.2, -0.15) is 13.2 Å². The Morgan fingerprint density at radius 2 is 1.42 bits per heavy atom. The third-order valence-corrected chi connectivity index (χ3v) is 5.51. The Balaban J connectivity index is 1.90. The van der Waals surface area contributed by atoms with E-state index in [4.69, 9.17) is 4.74 Å². The lowest BCUT2D eigenvalue weighted by Gasteiger charge is -2.29. The Morgan fingerprint density at radius 1 is 0.879 bits per heavy atom. The Bertz CT molecular complexity index is 1220. The van der Waals surface area contributed by atoms with Crippen LogP contribution in [-0.4, -0.2) is 23.0 Å². The minimum absolute atomic E-state index is 0.195. The van der Waals surface area contributed by atoms with Gasteiger partial charge in [-0.1, -0.05) is 72.8 Å². The molecule has 0 fully saturated rings. The van der Waals surface area contributed by atoms with Crippen LogP contribution in [-0.2, 0) is 12.1 Å². The van der Waals surface area contributed by atoms with E-state index in [0.717, 1.165) is 10.9 Å². The summed E-state index contributed by atoms with van der Waals surface area (Å²) in [5, 5.41) is 23.9. The Morgan fingerprint density at radius 3 is 1.94 bits per heavy atom. The van der Waals surface area contributed by atoms with Crippen LogP contribution in [0.4, 0.5) is 13.2 Å². The molecule has 3 aromatic carbocycles. The van der Waals surface area contributed by atoms with Crippen molar-refractivity contribution in [1.29, 1.82) is 0 Å². The van der Waals surface area contributed by atoms with Crippen LogP contribution in [0, 0.1) is 5.21 Å². The second-order valence-corrected chi connectivity index (χ2v) is 7.58. The van der Waals surface area contributed by atoms with Crippen LogP contribution in [0.5, 0.6) is 5.75 Å². The van der Waals surface area contributed by atoms with Crippen molar-refractivity contribution in [3.63, 3.8) is 0 Å². The number of ether oxygens (including phenoxy) is 1. The fourth-order valence-corrected chi connectivity index (χ4v) is 3.82. The van der Waals surface area contributed by atoms with Gasteiger partial charge in [-0.05, 0) is 17.7 Å². The maximum atomic E-state index is 14.2. The largest absolute Gasteiger partial charge is 0.710 e. The molecule has 0 radical (unpaired) electrons. The van der Waals surface area contributed by atoms with Crippen molar-refractivity contribution in [1.82, 2.24) is 4.57 Å². The summed E-state index contributed by atoms with van der Waals surface area (Å²) in [6.45, 7) is -0.915. The number of imidazole rings is 1. The van der Waals surface area contributed by atoms with Gasteiger partial charge in [-0.3, -0.25) is 0 Å². The molecule has 4 rings (SSSR count). The van der Waals surface area contributed by atoms with E-state index in [1.54, 1.807) is 60.7 Å². The number of halogens is 3. The summed E-state index contributed by atoms with van der Waals surface area (Å²) >= 11 is 0. The molecule has 1 aromatic heterocycles. The number of hydrogen-bond acceptors (Lipinski definition) is 3. The number of methoxy groups -OCH3 is 1. The van der Waals surface area contributed by atoms with E-state index >= 15 is 0 Å². The van der Waals surface area contributed by atoms with E-state index in [9.17, 15) is 23.5 Å². The molecule has 0 saturated heterocycles. The van der Waals surface area contributed by atoms with Crippen molar-refractivity contribution in [2.75, 3.05) is 7.11 Å². The molecule has 0 bridgehead atoms. The van der Waals surface area contributed by atoms with Crippen molar-refractivity contribution in [3.8, 4) is 28.3 Å². The average molecular weight is 454 g/mol. The quantitative estimate of drug-likeness (QED) is 0.333. The van der Waals surface area contributed by atoms with Crippen molar-refractivity contribution in [3.05, 3.63) is 102 Å². The molecule has 0 amide bonds. The first-order chi connectivity index (χ1) is 15.7. The standard InChI is InChI=1S/C25H21F3N2O3/c1-33-21-14-12-20(13-15-21)24(31,25(26,27)28)16-29-17-30(32)23(19-10-6-3-7-11-19)22(29)18-8-4-2-5-9-18/h2-15,17,31H,16H2,1H3. The lowest BCUT2D eigenvalue weighted by Crippen LogP contribution is -2.46. The van der Waals surface area contributed by atoms with Gasteiger partial charge in [0.15, 0.2) is 11.4 Å². The molecule has 0 aliphatic heterocycles. The first-order valence-corrected chi connectivity index (χ1v) is 10.1. The molecule has 1 atom stereocenters. The monoisotopic (exact) mass is 454 g/mol. The van der Waals surface area contributed by atoms with Gasteiger partial charge in [0.2, 0.25) is 11.9 Å². The van der Waals surface area contributed by atoms with Gasteiger partial charge in [0, 0.05) is 11.1 Å². The highest BCUT2D eigenvalue weighted by atomic mass is 19.4. The number of benzene rings is 3. The second kappa shape index (κ2) is 8.63. The summed E-state index contributed by atoms with van der Waals surface area (Å²) in [7, 11) is 1.40. The van der Waals surface area contributed by atoms with Gasteiger partial charge in [-0.25, -0.2) is 9.30 Å². The zero-order valence-corrected chi connectivity index (χ0v) is 17.7. The number of rotatable bonds is 6. The van der Waals surface area contributed by atoms with E-state index in [1.807, 2.05) is 0 Å². The normalized spacial score (nSPS) is 13.5. The van der Waals surface area contributed by atoms with Gasteiger partial charge >= 0.3 is 6.18 Å². The highest BCUT2D eigenvalue weighted by Crippen LogP contribution is 2.42. The predicted octanol–water partition coefficient (Wildman–Crippen LogP) is 4.91. The van der Waals surface area contributed by atoms with Crippen molar-refractivity contribution >= 4 is 0 Å². The summed E-state index contributed by atoms with van der Waals surface area (Å²) in [6.07, 6.45) is -3.98. The highest BCUT2D eigenvalue weighted by molar-refractivity contribution is 5.76. The van der Waals surface area contributed by atoms with Gasteiger partial charge in [0.1, 0.15) is 12.3 Å². The predicted molar refractivity (Wildman–Crippen MR) is 117 cm³/mol. The van der Waals surface area contributed by atoms with Crippen LogP contribution in [0.1, 0.15) is 5.56 Å². The molecule has 4 aromatic rings. The SMILES string of the molecule is COc1ccc(C(O)(Cn2c[n+]([O-])c(-c3ccccc3)c2-c2ccccc2)C(F)(F)F)cc1. The van der Waals surface area contributed by atoms with Crippen molar-refractivity contribution in [2.45, 2.75) is 18.3 Å². The summed E-state index contributed by atoms with van der Waals surface area (Å²) in [5.41, 5.74) is -2.05. The lowest BCUT2D eigenvalue weighted by atomic mass is 9.92. The first-order valence-electron chi connectivity index (χ1n) is 10.1. The molecule has 170 valence electrons. The number of nitrogens with zero attached hydrogens (tertiary/aromatic N) is 2. The van der Waals surface area contributed by atoms with Crippen LogP contribution in [0.25, 0.3) is 22.5 Å². The number of aliphatic hydroxyl groups is 1. The summed E-state index contributed by atoms with van der Waals surface area (Å²) in [5.74, 6) is 0.359. The molecule has 0 aliphatic carbocycles. The summed E-state index contributed by atoms with van der Waals surface area (Å²) in [6, 6.07) is 22.4. The molecule has 1 unspecified atom stereocenters. The molecule has 5 nitrogen and oxygen atoms in total. The van der Waals surface area contributed by atoms with E-state index in [-0.39, 0.29) is 17.0 Å². The smallest absolute Gasteiger partial charge is 0.425 e. The van der Waals surface area contributed by atoms with Crippen LogP contribution in [0.2, 0.25) is 0 Å². The molecule has 1 N–H and O–H groups in total. The van der Waals surface area contributed by atoms with Crippen LogP contribution in [0.3, 0.4) is 0 Å². The molecule has 8 heteroatoms. The van der Waals surface area contributed by atoms with Crippen molar-refractivity contribution < 1.29 is 27.7 Å². The number of hydrogen-bond donors (Lipinski definition) is 1. The van der Waals surface area contributed by atoms with Gasteiger partial charge < -0.3 is 15.1 Å². The topological polar surface area (TPSA) is 61.3 Å². The van der Waals surface area contributed by atoms with E-state index < -0.39 is 18.3 Å². The Labute approximate surface area is 188 Å². The van der Waals surface area contributed by atoms with Gasteiger partial charge in [0.25, 0.3) is 0 Å². The minimum atomic E-state index is -5.01. The van der Waals surface area contributed by atoms with Crippen LogP contribution in [0.15, 0.2) is 91.3 Å². The maximum Gasteiger partial charge on any atom is 0.425 e. The Hall–Kier alpha value is -3.78. The third kappa shape index (κ3) is 4.17. The average Bonchev–Trinajstić information content (AvgIpc) is 3.14. The zero-order valence-electron chi connectivity index (χ0n) is 17.7. The molecule has 1 heterocycles. The molecule has 0 saturated carbocycles. The van der Waals surface area contributed by atoms with E-state index in [2.05, 4.69) is 0 Å². The van der Waals surface area contributed by atoms with E-state index in [0.29, 0.717) is 21.6 Å². The molecule has 0 aliphatic rings. The van der Waals surface area contributed by atoms with Gasteiger partial charge in [0.05, 0.1) is 7.11 Å². The molecular formula is C25H21F3N2O3. The van der Waals surface area contributed by atoms with Gasteiger partial charge in [-0.15, -0.1) is 0 Å². The Kier molecular flexibility index (Phi) is 5.86. The molecular weight excluding hydrogens is 433 g/mol. The van der Waals surface area contributed by atoms with Crippen molar-refractivity contribution in [2.24, 2.45) is 0 Å². The first kappa shape index (κ1) is 22.4. The minimum Gasteiger partial charge on any atom is -0.710 e. The van der Waals surface area contributed by atoms with E-state index in [1.165, 1.54) is 31.4 Å². The number of alkyl halides is 3. The number of aromatic nitrogens is 2. The van der Waals surface area contributed by atoms with Crippen LogP contribution >= 0.6 is 0 Å². The third-order valence-electron chi connectivity index (χ3n) is 5.51. The lowest BCUT2D eigenvalue weighted by molar-refractivity contribution is -0.593. The summed E-state index contributed by atoms with van der Waals surface area (Å²) < 4.78 is 49.4. The fraction of sp³-hybridized carbons (Fsp3) is 0.160. The zero-order chi connectivity index (χ0) is 23.6. The maximum absolute atomic E-state index is 14.2. The van der Waals surface area contributed by atoms with Crippen LogP contribution < -0.4 is 9.47 Å². The highest BCUT2D eigenvalue weighted by Gasteiger charge is 2.57. The fourth-order valence-electron chi connectivity index (χ4n) is 3.82. The second-order valence-electron chi connectivity index (χ2n) is 7.58.